The highest BCUT2D eigenvalue weighted by molar-refractivity contribution is 9.13. The quantitative estimate of drug-likeness (QED) is 0.531. The Morgan fingerprint density at radius 1 is 1.05 bits per heavy atom. The van der Waals surface area contributed by atoms with Crippen LogP contribution in [0.4, 0.5) is 5.69 Å². The van der Waals surface area contributed by atoms with Crippen LogP contribution >= 0.6 is 43.2 Å². The van der Waals surface area contributed by atoms with Crippen LogP contribution in [0.5, 0.6) is 0 Å². The molecule has 0 aliphatic carbocycles. The summed E-state index contributed by atoms with van der Waals surface area (Å²) in [6.45, 7) is 9.85. The van der Waals surface area contributed by atoms with Gasteiger partial charge in [-0.1, -0.05) is 39.8 Å². The van der Waals surface area contributed by atoms with Gasteiger partial charge in [0.1, 0.15) is 0 Å². The summed E-state index contributed by atoms with van der Waals surface area (Å²) in [7, 11) is 0. The van der Waals surface area contributed by atoms with Gasteiger partial charge in [0.25, 0.3) is 0 Å². The van der Waals surface area contributed by atoms with Gasteiger partial charge in [-0.15, -0.1) is 11.3 Å². The van der Waals surface area contributed by atoms with Crippen molar-refractivity contribution in [3.63, 3.8) is 0 Å². The summed E-state index contributed by atoms with van der Waals surface area (Å²) in [5.41, 5.74) is 4.05. The molecule has 0 unspecified atom stereocenters. The summed E-state index contributed by atoms with van der Waals surface area (Å²) in [5, 5.41) is 3.59. The number of rotatable bonds is 5. The molecule has 0 amide bonds. The van der Waals surface area contributed by atoms with Crippen LogP contribution in [0, 0.1) is 0 Å². The van der Waals surface area contributed by atoms with Gasteiger partial charge in [-0.05, 0) is 67.0 Å². The third-order valence-corrected chi connectivity index (χ3v) is 6.77. The van der Waals surface area contributed by atoms with Crippen LogP contribution in [-0.2, 0) is 6.54 Å². The van der Waals surface area contributed by atoms with Gasteiger partial charge >= 0.3 is 0 Å². The third-order valence-electron chi connectivity index (χ3n) is 3.51. The summed E-state index contributed by atoms with van der Waals surface area (Å²) in [4.78, 5) is 1.32. The molecule has 1 nitrogen and oxygen atoms in total. The molecule has 2 rings (SSSR count). The first-order valence-corrected chi connectivity index (χ1v) is 9.60. The summed E-state index contributed by atoms with van der Waals surface area (Å²) in [5.74, 6) is 1.09. The van der Waals surface area contributed by atoms with Gasteiger partial charge in [0.05, 0.1) is 3.79 Å². The predicted molar refractivity (Wildman–Crippen MR) is 102 cm³/mol. The third kappa shape index (κ3) is 4.33. The van der Waals surface area contributed by atoms with Gasteiger partial charge in [-0.25, -0.2) is 0 Å². The van der Waals surface area contributed by atoms with Crippen molar-refractivity contribution in [3.05, 3.63) is 48.5 Å². The van der Waals surface area contributed by atoms with Crippen LogP contribution in [0.25, 0.3) is 0 Å². The molecule has 0 spiro atoms. The molecule has 0 radical (unpaired) electrons. The van der Waals surface area contributed by atoms with Gasteiger partial charge in [-0.3, -0.25) is 0 Å². The number of thiophene rings is 1. The van der Waals surface area contributed by atoms with Crippen molar-refractivity contribution in [3.8, 4) is 0 Å². The Kier molecular flexibility index (Phi) is 5.92. The Morgan fingerprint density at radius 3 is 2.29 bits per heavy atom. The lowest BCUT2D eigenvalue weighted by Gasteiger charge is -2.17. The molecule has 0 aliphatic rings. The van der Waals surface area contributed by atoms with Crippen molar-refractivity contribution >= 4 is 48.9 Å². The Bertz CT molecular complexity index is 598. The highest BCUT2D eigenvalue weighted by Crippen LogP contribution is 2.34. The lowest BCUT2D eigenvalue weighted by molar-refractivity contribution is 0.833. The average Bonchev–Trinajstić information content (AvgIpc) is 2.75. The second-order valence-corrected chi connectivity index (χ2v) is 9.15. The molecule has 21 heavy (non-hydrogen) atoms. The van der Waals surface area contributed by atoms with Crippen molar-refractivity contribution in [2.24, 2.45) is 0 Å². The maximum atomic E-state index is 3.59. The molecule has 0 bridgehead atoms. The Hall–Kier alpha value is -0.320. The zero-order chi connectivity index (χ0) is 15.6. The molecule has 0 fully saturated rings. The molecular formula is C17H21Br2NS. The van der Waals surface area contributed by atoms with Crippen LogP contribution in [-0.4, -0.2) is 0 Å². The first kappa shape index (κ1) is 17.0. The lowest BCUT2D eigenvalue weighted by atomic mass is 9.94. The van der Waals surface area contributed by atoms with E-state index in [2.05, 4.69) is 89.1 Å². The zero-order valence-electron chi connectivity index (χ0n) is 12.8. The molecule has 2 aromatic rings. The van der Waals surface area contributed by atoms with Crippen LogP contribution in [0.2, 0.25) is 0 Å². The van der Waals surface area contributed by atoms with Crippen LogP contribution in [0.3, 0.4) is 0 Å². The summed E-state index contributed by atoms with van der Waals surface area (Å²) >= 11 is 8.85. The number of halogens is 2. The smallest absolute Gasteiger partial charge is 0.0843 e. The minimum absolute atomic E-state index is 0.521. The first-order valence-electron chi connectivity index (χ1n) is 7.20. The zero-order valence-corrected chi connectivity index (χ0v) is 16.8. The molecule has 1 heterocycles. The standard InChI is InChI=1S/C17H21Br2NS/c1-10(2)12-5-6-16(14(7-12)11(3)4)20-9-13-8-15(18)17(19)21-13/h5-8,10-11,20H,9H2,1-4H3. The van der Waals surface area contributed by atoms with Gasteiger partial charge in [0, 0.05) is 21.6 Å². The second kappa shape index (κ2) is 7.30. The fourth-order valence-electron chi connectivity index (χ4n) is 2.24. The highest BCUT2D eigenvalue weighted by atomic mass is 79.9. The van der Waals surface area contributed by atoms with Crippen molar-refractivity contribution < 1.29 is 0 Å². The predicted octanol–water partition coefficient (Wildman–Crippen LogP) is 7.13. The van der Waals surface area contributed by atoms with Gasteiger partial charge < -0.3 is 5.32 Å². The van der Waals surface area contributed by atoms with E-state index in [0.717, 1.165) is 14.8 Å². The van der Waals surface area contributed by atoms with Gasteiger partial charge in [0.2, 0.25) is 0 Å². The molecule has 0 saturated heterocycles. The van der Waals surface area contributed by atoms with Crippen LogP contribution in [0.1, 0.15) is 55.5 Å². The van der Waals surface area contributed by atoms with E-state index >= 15 is 0 Å². The van der Waals surface area contributed by atoms with Crippen molar-refractivity contribution in [2.45, 2.75) is 46.1 Å². The molecule has 0 aliphatic heterocycles. The van der Waals surface area contributed by atoms with E-state index in [4.69, 9.17) is 0 Å². The van der Waals surface area contributed by atoms with E-state index in [1.165, 1.54) is 21.7 Å². The number of anilines is 1. The molecule has 4 heteroatoms. The number of benzene rings is 1. The SMILES string of the molecule is CC(C)c1ccc(NCc2cc(Br)c(Br)s2)c(C(C)C)c1. The summed E-state index contributed by atoms with van der Waals surface area (Å²) in [6, 6.07) is 8.97. The Labute approximate surface area is 148 Å². The minimum Gasteiger partial charge on any atom is -0.380 e. The largest absolute Gasteiger partial charge is 0.380 e. The second-order valence-electron chi connectivity index (χ2n) is 5.84. The molecular weight excluding hydrogens is 410 g/mol. The maximum Gasteiger partial charge on any atom is 0.0843 e. The van der Waals surface area contributed by atoms with Crippen LogP contribution < -0.4 is 5.32 Å². The van der Waals surface area contributed by atoms with E-state index in [9.17, 15) is 0 Å². The average molecular weight is 431 g/mol. The molecule has 1 N–H and O–H groups in total. The Morgan fingerprint density at radius 2 is 1.76 bits per heavy atom. The maximum absolute atomic E-state index is 3.59. The minimum atomic E-state index is 0.521. The molecule has 0 saturated carbocycles. The highest BCUT2D eigenvalue weighted by Gasteiger charge is 2.10. The van der Waals surface area contributed by atoms with E-state index < -0.39 is 0 Å². The lowest BCUT2D eigenvalue weighted by Crippen LogP contribution is -2.03. The topological polar surface area (TPSA) is 12.0 Å². The normalized spacial score (nSPS) is 11.4. The molecule has 114 valence electrons. The number of hydrogen-bond acceptors (Lipinski definition) is 2. The van der Waals surface area contributed by atoms with E-state index in [1.807, 2.05) is 0 Å². The first-order chi connectivity index (χ1) is 9.88. The molecule has 0 atom stereocenters. The number of nitrogens with one attached hydrogen (secondary N) is 1. The fraction of sp³-hybridized carbons (Fsp3) is 0.412. The van der Waals surface area contributed by atoms with Crippen molar-refractivity contribution in [1.29, 1.82) is 0 Å². The molecule has 1 aromatic carbocycles. The van der Waals surface area contributed by atoms with Crippen molar-refractivity contribution in [2.75, 3.05) is 5.32 Å². The van der Waals surface area contributed by atoms with E-state index in [0.29, 0.717) is 11.8 Å². The summed E-state index contributed by atoms with van der Waals surface area (Å²) in [6.07, 6.45) is 0. The van der Waals surface area contributed by atoms with Gasteiger partial charge in [-0.2, -0.15) is 0 Å². The van der Waals surface area contributed by atoms with Gasteiger partial charge in [0.15, 0.2) is 0 Å². The fourth-order valence-corrected chi connectivity index (χ4v) is 4.36. The Balaban J connectivity index is 2.19. The number of hydrogen-bond donors (Lipinski definition) is 1. The molecule has 1 aromatic heterocycles. The van der Waals surface area contributed by atoms with E-state index in [1.54, 1.807) is 11.3 Å². The monoisotopic (exact) mass is 429 g/mol. The van der Waals surface area contributed by atoms with Crippen LogP contribution in [0.15, 0.2) is 32.5 Å². The van der Waals surface area contributed by atoms with E-state index in [-0.39, 0.29) is 0 Å². The summed E-state index contributed by atoms with van der Waals surface area (Å²) < 4.78 is 2.28. The van der Waals surface area contributed by atoms with Crippen molar-refractivity contribution in [1.82, 2.24) is 0 Å².